The lowest BCUT2D eigenvalue weighted by molar-refractivity contribution is -0.121. The topological polar surface area (TPSA) is 96.0 Å². The van der Waals surface area contributed by atoms with Crippen LogP contribution in [0.15, 0.2) is 24.7 Å². The molecule has 4 rings (SSSR count). The zero-order chi connectivity index (χ0) is 18.6. The zero-order valence-corrected chi connectivity index (χ0v) is 15.6. The van der Waals surface area contributed by atoms with E-state index in [2.05, 4.69) is 30.4 Å². The first-order valence-electron chi connectivity index (χ1n) is 9.68. The van der Waals surface area contributed by atoms with Gasteiger partial charge in [0.2, 0.25) is 5.91 Å². The van der Waals surface area contributed by atoms with Crippen LogP contribution in [-0.2, 0) is 4.79 Å². The number of H-pyrrole nitrogens is 1. The van der Waals surface area contributed by atoms with Gasteiger partial charge in [-0.2, -0.15) is 5.10 Å². The standard InChI is InChI=1S/C19H26N6O2/c1-13(25-8-2-3-15(10-25)18-21-12-22-24-18)19(26)23-17-7-6-16(9-20-17)27-11-14-4-5-14/h6-7,9,12-15H,2-5,8,10-11H2,1H3,(H,20,23,26)(H,21,22,24)/t13-,15-/m0/s1. The van der Waals surface area contributed by atoms with Gasteiger partial charge in [0.25, 0.3) is 0 Å². The first-order chi connectivity index (χ1) is 13.2. The lowest BCUT2D eigenvalue weighted by Crippen LogP contribution is -2.46. The molecule has 2 N–H and O–H groups in total. The van der Waals surface area contributed by atoms with E-state index in [1.54, 1.807) is 12.3 Å². The van der Waals surface area contributed by atoms with E-state index in [0.717, 1.165) is 44.1 Å². The molecule has 1 saturated heterocycles. The number of nitrogens with zero attached hydrogens (tertiary/aromatic N) is 4. The first-order valence-corrected chi connectivity index (χ1v) is 9.68. The quantitative estimate of drug-likeness (QED) is 0.776. The number of amides is 1. The summed E-state index contributed by atoms with van der Waals surface area (Å²) in [5, 5.41) is 9.80. The third-order valence-corrected chi connectivity index (χ3v) is 5.37. The Balaban J connectivity index is 1.30. The maximum Gasteiger partial charge on any atom is 0.242 e. The van der Waals surface area contributed by atoms with E-state index >= 15 is 0 Å². The molecule has 0 unspecified atom stereocenters. The Kier molecular flexibility index (Phi) is 5.33. The van der Waals surface area contributed by atoms with Crippen LogP contribution in [0.5, 0.6) is 5.75 Å². The van der Waals surface area contributed by atoms with Crippen molar-refractivity contribution in [2.45, 2.75) is 44.6 Å². The van der Waals surface area contributed by atoms with Crippen LogP contribution in [0.4, 0.5) is 5.82 Å². The predicted molar refractivity (Wildman–Crippen MR) is 100 cm³/mol. The number of pyridine rings is 1. The molecule has 27 heavy (non-hydrogen) atoms. The molecule has 2 aliphatic rings. The summed E-state index contributed by atoms with van der Waals surface area (Å²) in [6.45, 7) is 4.39. The summed E-state index contributed by atoms with van der Waals surface area (Å²) in [4.78, 5) is 23.4. The average Bonchev–Trinajstić information content (AvgIpc) is 3.37. The molecule has 2 atom stereocenters. The Labute approximate surface area is 158 Å². The Morgan fingerprint density at radius 2 is 2.26 bits per heavy atom. The van der Waals surface area contributed by atoms with Crippen molar-refractivity contribution >= 4 is 11.7 Å². The van der Waals surface area contributed by atoms with Gasteiger partial charge in [-0.05, 0) is 57.2 Å². The molecule has 0 aromatic carbocycles. The highest BCUT2D eigenvalue weighted by atomic mass is 16.5. The summed E-state index contributed by atoms with van der Waals surface area (Å²) in [6.07, 6.45) is 7.82. The number of nitrogens with one attached hydrogen (secondary N) is 2. The molecule has 1 saturated carbocycles. The largest absolute Gasteiger partial charge is 0.492 e. The zero-order valence-electron chi connectivity index (χ0n) is 15.6. The van der Waals surface area contributed by atoms with E-state index in [1.165, 1.54) is 19.2 Å². The van der Waals surface area contributed by atoms with E-state index < -0.39 is 0 Å². The number of aromatic amines is 1. The van der Waals surface area contributed by atoms with E-state index in [1.807, 2.05) is 13.0 Å². The van der Waals surface area contributed by atoms with Crippen LogP contribution in [0.3, 0.4) is 0 Å². The molecule has 0 bridgehead atoms. The van der Waals surface area contributed by atoms with Crippen LogP contribution >= 0.6 is 0 Å². The normalized spacial score (nSPS) is 21.6. The molecular weight excluding hydrogens is 344 g/mol. The van der Waals surface area contributed by atoms with Gasteiger partial charge in [-0.3, -0.25) is 14.8 Å². The van der Waals surface area contributed by atoms with Crippen molar-refractivity contribution in [3.05, 3.63) is 30.5 Å². The number of carbonyl (C=O) groups excluding carboxylic acids is 1. The van der Waals surface area contributed by atoms with E-state index in [0.29, 0.717) is 11.7 Å². The summed E-state index contributed by atoms with van der Waals surface area (Å²) in [5.74, 6) is 3.14. The number of hydrogen-bond donors (Lipinski definition) is 2. The van der Waals surface area contributed by atoms with Crippen LogP contribution < -0.4 is 10.1 Å². The summed E-state index contributed by atoms with van der Waals surface area (Å²) in [7, 11) is 0. The van der Waals surface area contributed by atoms with E-state index in [-0.39, 0.29) is 17.9 Å². The van der Waals surface area contributed by atoms with Crippen LogP contribution in [0.1, 0.15) is 44.3 Å². The monoisotopic (exact) mass is 370 g/mol. The van der Waals surface area contributed by atoms with Crippen LogP contribution in [0.2, 0.25) is 0 Å². The van der Waals surface area contributed by atoms with Crippen molar-refractivity contribution in [2.75, 3.05) is 25.0 Å². The second-order valence-corrected chi connectivity index (χ2v) is 7.50. The fraction of sp³-hybridized carbons (Fsp3) is 0.579. The Hall–Kier alpha value is -2.48. The van der Waals surface area contributed by atoms with Gasteiger partial charge >= 0.3 is 0 Å². The molecule has 1 aliphatic heterocycles. The van der Waals surface area contributed by atoms with Gasteiger partial charge in [0.1, 0.15) is 23.7 Å². The summed E-state index contributed by atoms with van der Waals surface area (Å²) in [6, 6.07) is 3.42. The maximum atomic E-state index is 12.7. The van der Waals surface area contributed by atoms with Gasteiger partial charge < -0.3 is 10.1 Å². The third-order valence-electron chi connectivity index (χ3n) is 5.37. The third kappa shape index (κ3) is 4.63. The highest BCUT2D eigenvalue weighted by Gasteiger charge is 2.29. The highest BCUT2D eigenvalue weighted by molar-refractivity contribution is 5.93. The van der Waals surface area contributed by atoms with Crippen LogP contribution in [-0.4, -0.2) is 56.7 Å². The minimum absolute atomic E-state index is 0.0487. The molecule has 0 radical (unpaired) electrons. The molecular formula is C19H26N6O2. The Morgan fingerprint density at radius 3 is 2.96 bits per heavy atom. The van der Waals surface area contributed by atoms with E-state index in [9.17, 15) is 4.79 Å². The second kappa shape index (κ2) is 8.04. The van der Waals surface area contributed by atoms with Crippen molar-refractivity contribution in [3.8, 4) is 5.75 Å². The van der Waals surface area contributed by atoms with Gasteiger partial charge in [0.05, 0.1) is 18.8 Å². The molecule has 2 fully saturated rings. The molecule has 0 spiro atoms. The fourth-order valence-corrected chi connectivity index (χ4v) is 3.43. The summed E-state index contributed by atoms with van der Waals surface area (Å²) >= 11 is 0. The molecule has 2 aromatic heterocycles. The summed E-state index contributed by atoms with van der Waals surface area (Å²) in [5.41, 5.74) is 0. The minimum atomic E-state index is -0.233. The SMILES string of the molecule is C[C@@H](C(=O)Nc1ccc(OCC2CC2)cn1)N1CCC[C@H](c2ncn[nH]2)C1. The average molecular weight is 370 g/mol. The Bertz CT molecular complexity index is 744. The molecule has 1 amide bonds. The predicted octanol–water partition coefficient (Wildman–Crippen LogP) is 2.20. The maximum absolute atomic E-state index is 12.7. The van der Waals surface area contributed by atoms with Crippen molar-refractivity contribution in [1.82, 2.24) is 25.1 Å². The molecule has 1 aliphatic carbocycles. The van der Waals surface area contributed by atoms with Crippen molar-refractivity contribution < 1.29 is 9.53 Å². The van der Waals surface area contributed by atoms with Gasteiger partial charge in [-0.15, -0.1) is 0 Å². The molecule has 8 nitrogen and oxygen atoms in total. The van der Waals surface area contributed by atoms with Gasteiger partial charge in [0.15, 0.2) is 0 Å². The number of aromatic nitrogens is 4. The number of ether oxygens (including phenoxy) is 1. The van der Waals surface area contributed by atoms with Gasteiger partial charge in [-0.1, -0.05) is 0 Å². The first kappa shape index (κ1) is 17.9. The fourth-order valence-electron chi connectivity index (χ4n) is 3.43. The van der Waals surface area contributed by atoms with Crippen LogP contribution in [0, 0.1) is 5.92 Å². The van der Waals surface area contributed by atoms with Crippen molar-refractivity contribution in [1.29, 1.82) is 0 Å². The number of hydrogen-bond acceptors (Lipinski definition) is 6. The van der Waals surface area contributed by atoms with E-state index in [4.69, 9.17) is 4.74 Å². The number of piperidine rings is 1. The Morgan fingerprint density at radius 1 is 1.37 bits per heavy atom. The number of anilines is 1. The van der Waals surface area contributed by atoms with Gasteiger partial charge in [0, 0.05) is 12.5 Å². The number of rotatable bonds is 7. The smallest absolute Gasteiger partial charge is 0.242 e. The van der Waals surface area contributed by atoms with Gasteiger partial charge in [-0.25, -0.2) is 9.97 Å². The minimum Gasteiger partial charge on any atom is -0.492 e. The second-order valence-electron chi connectivity index (χ2n) is 7.50. The number of carbonyl (C=O) groups is 1. The summed E-state index contributed by atoms with van der Waals surface area (Å²) < 4.78 is 5.68. The van der Waals surface area contributed by atoms with Crippen molar-refractivity contribution in [2.24, 2.45) is 5.92 Å². The molecule has 8 heteroatoms. The molecule has 3 heterocycles. The molecule has 144 valence electrons. The highest BCUT2D eigenvalue weighted by Crippen LogP contribution is 2.29. The lowest BCUT2D eigenvalue weighted by atomic mass is 9.96. The lowest BCUT2D eigenvalue weighted by Gasteiger charge is -2.35. The van der Waals surface area contributed by atoms with Crippen LogP contribution in [0.25, 0.3) is 0 Å². The molecule has 2 aromatic rings. The number of likely N-dealkylation sites (tertiary alicyclic amines) is 1. The van der Waals surface area contributed by atoms with Crippen molar-refractivity contribution in [3.63, 3.8) is 0 Å².